The van der Waals surface area contributed by atoms with Crippen LogP contribution in [-0.4, -0.2) is 13.1 Å². The molecule has 2 unspecified atom stereocenters. The van der Waals surface area contributed by atoms with E-state index in [0.29, 0.717) is 5.92 Å². The lowest BCUT2D eigenvalue weighted by atomic mass is 9.88. The maximum atomic E-state index is 2.47. The molecule has 0 saturated carbocycles. The van der Waals surface area contributed by atoms with Gasteiger partial charge in [0.25, 0.3) is 0 Å². The molecule has 0 aromatic heterocycles. The molecular weight excluding hydrogens is 532 g/mol. The molecule has 6 aromatic carbocycles. The van der Waals surface area contributed by atoms with Crippen LogP contribution in [-0.2, 0) is 0 Å². The molecule has 7 rings (SSSR count). The van der Waals surface area contributed by atoms with Crippen molar-refractivity contribution in [2.75, 3.05) is 16.8 Å². The van der Waals surface area contributed by atoms with Crippen molar-refractivity contribution in [3.63, 3.8) is 0 Å². The highest BCUT2D eigenvalue weighted by molar-refractivity contribution is 5.87. The Kier molecular flexibility index (Phi) is 7.56. The fourth-order valence-electron chi connectivity index (χ4n) is 6.29. The van der Waals surface area contributed by atoms with Gasteiger partial charge < -0.3 is 9.80 Å². The van der Waals surface area contributed by atoms with Crippen molar-refractivity contribution in [3.8, 4) is 11.1 Å². The number of rotatable bonds is 7. The summed E-state index contributed by atoms with van der Waals surface area (Å²) in [6.07, 6.45) is 7.09. The highest BCUT2D eigenvalue weighted by Gasteiger charge is 2.26. The summed E-state index contributed by atoms with van der Waals surface area (Å²) in [5.74, 6) is 0.310. The maximum Gasteiger partial charge on any atom is 0.0585 e. The van der Waals surface area contributed by atoms with Crippen molar-refractivity contribution in [2.45, 2.75) is 13.0 Å². The van der Waals surface area contributed by atoms with Gasteiger partial charge in [0, 0.05) is 29.8 Å². The van der Waals surface area contributed by atoms with Crippen LogP contribution >= 0.6 is 0 Å². The first-order valence-electron chi connectivity index (χ1n) is 15.4. The zero-order chi connectivity index (χ0) is 29.9. The summed E-state index contributed by atoms with van der Waals surface area (Å²) in [6, 6.07) is 54.5. The topological polar surface area (TPSA) is 6.48 Å². The van der Waals surface area contributed by atoms with Crippen LogP contribution in [0.3, 0.4) is 0 Å². The Bertz CT molecular complexity index is 1940. The molecule has 0 bridgehead atoms. The summed E-state index contributed by atoms with van der Waals surface area (Å²) >= 11 is 0. The van der Waals surface area contributed by atoms with Gasteiger partial charge in [0.2, 0.25) is 0 Å². The third-order valence-corrected chi connectivity index (χ3v) is 8.73. The van der Waals surface area contributed by atoms with Gasteiger partial charge >= 0.3 is 0 Å². The van der Waals surface area contributed by atoms with Crippen LogP contribution in [0.15, 0.2) is 170 Å². The molecule has 6 aromatic rings. The highest BCUT2D eigenvalue weighted by atomic mass is 15.2. The van der Waals surface area contributed by atoms with Gasteiger partial charge in [0.1, 0.15) is 0 Å². The van der Waals surface area contributed by atoms with E-state index in [9.17, 15) is 0 Å². The van der Waals surface area contributed by atoms with Crippen molar-refractivity contribution in [2.24, 2.45) is 5.92 Å². The van der Waals surface area contributed by atoms with E-state index in [1.807, 2.05) is 0 Å². The Hall–Kier alpha value is -5.34. The largest absolute Gasteiger partial charge is 0.345 e. The maximum absolute atomic E-state index is 2.47. The molecule has 0 aliphatic heterocycles. The van der Waals surface area contributed by atoms with E-state index in [0.717, 1.165) is 5.69 Å². The van der Waals surface area contributed by atoms with E-state index in [2.05, 4.69) is 194 Å². The van der Waals surface area contributed by atoms with Gasteiger partial charge in [-0.1, -0.05) is 128 Å². The Labute approximate surface area is 260 Å². The van der Waals surface area contributed by atoms with E-state index in [1.54, 1.807) is 0 Å². The summed E-state index contributed by atoms with van der Waals surface area (Å²) in [5, 5.41) is 2.52. The molecule has 0 saturated heterocycles. The van der Waals surface area contributed by atoms with E-state index >= 15 is 0 Å². The third kappa shape index (κ3) is 5.55. The minimum absolute atomic E-state index is 0.199. The zero-order valence-electron chi connectivity index (χ0n) is 25.2. The Morgan fingerprint density at radius 2 is 1.11 bits per heavy atom. The van der Waals surface area contributed by atoms with E-state index in [4.69, 9.17) is 0 Å². The lowest BCUT2D eigenvalue weighted by Crippen LogP contribution is -2.35. The molecule has 2 heteroatoms. The zero-order valence-corrected chi connectivity index (χ0v) is 25.2. The molecule has 2 atom stereocenters. The standard InChI is InChI=1S/C42H36N2/c1-31-28-37(34-20-24-38(25-21-34)43(2)40-19-11-16-36(29-40)32-12-5-3-6-13-32)23-27-42(31)44(39-17-7-4-8-18-39)41-26-22-33-14-9-10-15-35(33)30-41/h3-31,42H,1-2H3. The molecule has 1 aliphatic carbocycles. The lowest BCUT2D eigenvalue weighted by molar-refractivity contribution is 0.612. The number of benzene rings is 6. The summed E-state index contributed by atoms with van der Waals surface area (Å²) in [4.78, 5) is 4.73. The van der Waals surface area contributed by atoms with Crippen LogP contribution in [0.2, 0.25) is 0 Å². The Morgan fingerprint density at radius 3 is 1.86 bits per heavy atom. The van der Waals surface area contributed by atoms with Gasteiger partial charge in [0.05, 0.1) is 6.04 Å². The predicted octanol–water partition coefficient (Wildman–Crippen LogP) is 11.1. The number of anilines is 4. The number of nitrogens with zero attached hydrogens (tertiary/aromatic N) is 2. The average molecular weight is 569 g/mol. The molecule has 0 N–H and O–H groups in total. The number of para-hydroxylation sites is 1. The molecule has 44 heavy (non-hydrogen) atoms. The van der Waals surface area contributed by atoms with E-state index in [1.165, 1.54) is 50.1 Å². The van der Waals surface area contributed by atoms with Crippen molar-refractivity contribution < 1.29 is 0 Å². The van der Waals surface area contributed by atoms with Gasteiger partial charge in [-0.05, 0) is 87.5 Å². The third-order valence-electron chi connectivity index (χ3n) is 8.73. The van der Waals surface area contributed by atoms with Crippen LogP contribution in [0, 0.1) is 5.92 Å². The Morgan fingerprint density at radius 1 is 0.477 bits per heavy atom. The van der Waals surface area contributed by atoms with E-state index < -0.39 is 0 Å². The number of hydrogen-bond donors (Lipinski definition) is 0. The second-order valence-electron chi connectivity index (χ2n) is 11.6. The number of fused-ring (bicyclic) bond motifs is 1. The van der Waals surface area contributed by atoms with E-state index in [-0.39, 0.29) is 6.04 Å². The predicted molar refractivity (Wildman–Crippen MR) is 189 cm³/mol. The van der Waals surface area contributed by atoms with Crippen LogP contribution in [0.5, 0.6) is 0 Å². The number of allylic oxidation sites excluding steroid dienone is 2. The van der Waals surface area contributed by atoms with Crippen molar-refractivity contribution in [3.05, 3.63) is 175 Å². The van der Waals surface area contributed by atoms with Crippen molar-refractivity contribution in [1.82, 2.24) is 0 Å². The first-order valence-corrected chi connectivity index (χ1v) is 15.4. The number of hydrogen-bond acceptors (Lipinski definition) is 2. The summed E-state index contributed by atoms with van der Waals surface area (Å²) in [6.45, 7) is 2.33. The fraction of sp³-hybridized carbons (Fsp3) is 0.0952. The first-order chi connectivity index (χ1) is 21.6. The molecule has 2 nitrogen and oxygen atoms in total. The van der Waals surface area contributed by atoms with Gasteiger partial charge in [-0.15, -0.1) is 0 Å². The van der Waals surface area contributed by atoms with Gasteiger partial charge in [-0.25, -0.2) is 0 Å². The van der Waals surface area contributed by atoms with Crippen LogP contribution in [0.1, 0.15) is 12.5 Å². The molecule has 1 aliphatic rings. The minimum Gasteiger partial charge on any atom is -0.345 e. The molecule has 0 radical (unpaired) electrons. The van der Waals surface area contributed by atoms with Gasteiger partial charge in [-0.2, -0.15) is 0 Å². The normalized spacial score (nSPS) is 16.0. The molecule has 0 spiro atoms. The van der Waals surface area contributed by atoms with Crippen molar-refractivity contribution in [1.29, 1.82) is 0 Å². The summed E-state index contributed by atoms with van der Waals surface area (Å²) in [5.41, 5.74) is 9.69. The molecule has 0 amide bonds. The molecule has 0 fully saturated rings. The first kappa shape index (κ1) is 27.5. The quantitative estimate of drug-likeness (QED) is 0.189. The van der Waals surface area contributed by atoms with Crippen molar-refractivity contribution >= 4 is 39.1 Å². The SMILES string of the molecule is CC1C=C(c2ccc(N(C)c3cccc(-c4ccccc4)c3)cc2)C=CC1N(c1ccccc1)c1ccc2ccccc2c1. The molecule has 0 heterocycles. The highest BCUT2D eigenvalue weighted by Crippen LogP contribution is 2.37. The minimum atomic E-state index is 0.199. The van der Waals surface area contributed by atoms with Gasteiger partial charge in [-0.3, -0.25) is 0 Å². The summed E-state index contributed by atoms with van der Waals surface area (Å²) < 4.78 is 0. The van der Waals surface area contributed by atoms with Crippen LogP contribution in [0.4, 0.5) is 22.7 Å². The monoisotopic (exact) mass is 568 g/mol. The fourth-order valence-corrected chi connectivity index (χ4v) is 6.29. The second-order valence-corrected chi connectivity index (χ2v) is 11.6. The Balaban J connectivity index is 1.13. The van der Waals surface area contributed by atoms with Crippen LogP contribution in [0.25, 0.3) is 27.5 Å². The second kappa shape index (κ2) is 12.1. The lowest BCUT2D eigenvalue weighted by Gasteiger charge is -2.37. The molecule has 214 valence electrons. The molecular formula is C42H36N2. The van der Waals surface area contributed by atoms with Gasteiger partial charge in [0.15, 0.2) is 0 Å². The van der Waals surface area contributed by atoms with Crippen LogP contribution < -0.4 is 9.80 Å². The summed E-state index contributed by atoms with van der Waals surface area (Å²) in [7, 11) is 2.14. The smallest absolute Gasteiger partial charge is 0.0585 e. The average Bonchev–Trinajstić information content (AvgIpc) is 3.10.